The number of thiol groups is 1. The minimum Gasteiger partial charge on any atom is -0.388 e. The molecule has 0 amide bonds. The fourth-order valence-corrected chi connectivity index (χ4v) is 3.26. The van der Waals surface area contributed by atoms with E-state index in [0.29, 0.717) is 6.61 Å². The molecule has 1 heterocycles. The van der Waals surface area contributed by atoms with Crippen LogP contribution >= 0.6 is 12.6 Å². The van der Waals surface area contributed by atoms with Crippen molar-refractivity contribution in [1.29, 1.82) is 0 Å². The number of hydrogen-bond donors (Lipinski definition) is 3. The van der Waals surface area contributed by atoms with E-state index in [-0.39, 0.29) is 12.4 Å². The van der Waals surface area contributed by atoms with E-state index in [4.69, 9.17) is 14.2 Å². The van der Waals surface area contributed by atoms with Crippen LogP contribution in [-0.4, -0.2) is 46.7 Å². The molecule has 0 bridgehead atoms. The molecule has 0 aliphatic carbocycles. The van der Waals surface area contributed by atoms with Crippen LogP contribution < -0.4 is 0 Å². The van der Waals surface area contributed by atoms with Crippen LogP contribution in [0.3, 0.4) is 0 Å². The highest BCUT2D eigenvalue weighted by atomic mass is 32.1. The van der Waals surface area contributed by atoms with Gasteiger partial charge in [-0.1, -0.05) is 60.7 Å². The van der Waals surface area contributed by atoms with Crippen LogP contribution in [-0.2, 0) is 27.4 Å². The standard InChI is InChI=1S/C20H24O5S/c21-17-16(13-26)25-20(22)19(24-12-15-9-5-2-6-10-15)18(17)23-11-14-7-3-1-4-8-14/h1-10,16-22,26H,11-13H2/t16-,17-,18+,19-,20+/m1/s1. The highest BCUT2D eigenvalue weighted by Crippen LogP contribution is 2.27. The predicted molar refractivity (Wildman–Crippen MR) is 101 cm³/mol. The molecular formula is C20H24O5S. The van der Waals surface area contributed by atoms with Crippen LogP contribution in [0, 0.1) is 0 Å². The molecule has 6 heteroatoms. The van der Waals surface area contributed by atoms with E-state index < -0.39 is 30.7 Å². The molecule has 0 saturated carbocycles. The lowest BCUT2D eigenvalue weighted by Crippen LogP contribution is -2.59. The molecule has 1 aliphatic heterocycles. The first-order chi connectivity index (χ1) is 12.7. The highest BCUT2D eigenvalue weighted by Gasteiger charge is 2.45. The maximum absolute atomic E-state index is 10.6. The zero-order chi connectivity index (χ0) is 18.4. The first-order valence-corrected chi connectivity index (χ1v) is 9.26. The Hall–Kier alpha value is -1.41. The Balaban J connectivity index is 1.69. The summed E-state index contributed by atoms with van der Waals surface area (Å²) >= 11 is 4.19. The Labute approximate surface area is 158 Å². The van der Waals surface area contributed by atoms with E-state index in [1.807, 2.05) is 60.7 Å². The van der Waals surface area contributed by atoms with Gasteiger partial charge in [0.1, 0.15) is 18.3 Å². The van der Waals surface area contributed by atoms with Gasteiger partial charge in [-0.2, -0.15) is 12.6 Å². The van der Waals surface area contributed by atoms with Gasteiger partial charge in [-0.25, -0.2) is 0 Å². The van der Waals surface area contributed by atoms with Crippen LogP contribution in [0.2, 0.25) is 0 Å². The number of aliphatic hydroxyl groups is 2. The van der Waals surface area contributed by atoms with Crippen molar-refractivity contribution in [2.75, 3.05) is 5.75 Å². The molecule has 0 radical (unpaired) electrons. The minimum absolute atomic E-state index is 0.273. The molecule has 0 aromatic heterocycles. The molecule has 2 aromatic carbocycles. The quantitative estimate of drug-likeness (QED) is 0.646. The van der Waals surface area contributed by atoms with Crippen molar-refractivity contribution >= 4 is 12.6 Å². The van der Waals surface area contributed by atoms with Crippen LogP contribution in [0.1, 0.15) is 11.1 Å². The summed E-state index contributed by atoms with van der Waals surface area (Å²) in [7, 11) is 0. The number of hydrogen-bond acceptors (Lipinski definition) is 6. The summed E-state index contributed by atoms with van der Waals surface area (Å²) in [5.41, 5.74) is 1.94. The third-order valence-electron chi connectivity index (χ3n) is 4.39. The third-order valence-corrected chi connectivity index (χ3v) is 4.75. The topological polar surface area (TPSA) is 68.2 Å². The maximum Gasteiger partial charge on any atom is 0.184 e. The van der Waals surface area contributed by atoms with Gasteiger partial charge in [-0.3, -0.25) is 0 Å². The second kappa shape index (κ2) is 9.50. The highest BCUT2D eigenvalue weighted by molar-refractivity contribution is 7.80. The van der Waals surface area contributed by atoms with E-state index in [1.165, 1.54) is 0 Å². The van der Waals surface area contributed by atoms with Gasteiger partial charge in [-0.05, 0) is 11.1 Å². The Morgan fingerprint density at radius 1 is 0.808 bits per heavy atom. The maximum atomic E-state index is 10.6. The van der Waals surface area contributed by atoms with Gasteiger partial charge in [0.25, 0.3) is 0 Å². The van der Waals surface area contributed by atoms with E-state index >= 15 is 0 Å². The molecular weight excluding hydrogens is 352 g/mol. The monoisotopic (exact) mass is 376 g/mol. The fourth-order valence-electron chi connectivity index (χ4n) is 2.96. The predicted octanol–water partition coefficient (Wildman–Crippen LogP) is 2.17. The molecule has 5 atom stereocenters. The number of aliphatic hydroxyl groups excluding tert-OH is 2. The second-order valence-corrected chi connectivity index (χ2v) is 6.63. The van der Waals surface area contributed by atoms with Crippen molar-refractivity contribution in [3.05, 3.63) is 71.8 Å². The van der Waals surface area contributed by atoms with Crippen LogP contribution in [0.5, 0.6) is 0 Å². The lowest BCUT2D eigenvalue weighted by Gasteiger charge is -2.42. The second-order valence-electron chi connectivity index (χ2n) is 6.26. The molecule has 1 fully saturated rings. The number of rotatable bonds is 7. The summed E-state index contributed by atoms with van der Waals surface area (Å²) in [5.74, 6) is 0.273. The summed E-state index contributed by atoms with van der Waals surface area (Å²) in [6, 6.07) is 19.3. The van der Waals surface area contributed by atoms with E-state index in [1.54, 1.807) is 0 Å². The molecule has 2 N–H and O–H groups in total. The normalized spacial score (nSPS) is 28.8. The lowest BCUT2D eigenvalue weighted by atomic mass is 9.99. The zero-order valence-electron chi connectivity index (χ0n) is 14.3. The van der Waals surface area contributed by atoms with Gasteiger partial charge in [0, 0.05) is 5.75 Å². The SMILES string of the molecule is O[C@H]1[C@H](OCc2ccccc2)[C@@H](OCc2ccccc2)[C@@H](O)O[C@@H]1CS. The van der Waals surface area contributed by atoms with Crippen LogP contribution in [0.15, 0.2) is 60.7 Å². The van der Waals surface area contributed by atoms with Crippen molar-refractivity contribution in [3.8, 4) is 0 Å². The van der Waals surface area contributed by atoms with Gasteiger partial charge < -0.3 is 24.4 Å². The molecule has 3 rings (SSSR count). The van der Waals surface area contributed by atoms with Crippen molar-refractivity contribution in [1.82, 2.24) is 0 Å². The van der Waals surface area contributed by atoms with Gasteiger partial charge in [0.05, 0.1) is 19.3 Å². The average Bonchev–Trinajstić information content (AvgIpc) is 2.69. The van der Waals surface area contributed by atoms with Crippen molar-refractivity contribution in [2.45, 2.75) is 43.9 Å². The van der Waals surface area contributed by atoms with Gasteiger partial charge in [0.15, 0.2) is 6.29 Å². The van der Waals surface area contributed by atoms with Crippen molar-refractivity contribution in [3.63, 3.8) is 0 Å². The zero-order valence-corrected chi connectivity index (χ0v) is 15.2. The van der Waals surface area contributed by atoms with Crippen LogP contribution in [0.25, 0.3) is 0 Å². The smallest absolute Gasteiger partial charge is 0.184 e. The molecule has 2 aromatic rings. The average molecular weight is 376 g/mol. The summed E-state index contributed by atoms with van der Waals surface area (Å²) < 4.78 is 17.3. The summed E-state index contributed by atoms with van der Waals surface area (Å²) in [4.78, 5) is 0. The van der Waals surface area contributed by atoms with Crippen LogP contribution in [0.4, 0.5) is 0 Å². The molecule has 140 valence electrons. The Morgan fingerprint density at radius 2 is 1.31 bits per heavy atom. The molecule has 0 unspecified atom stereocenters. The summed E-state index contributed by atoms with van der Waals surface area (Å²) in [5, 5.41) is 21.0. The van der Waals surface area contributed by atoms with Gasteiger partial charge in [-0.15, -0.1) is 0 Å². The molecule has 26 heavy (non-hydrogen) atoms. The molecule has 5 nitrogen and oxygen atoms in total. The molecule has 1 saturated heterocycles. The summed E-state index contributed by atoms with van der Waals surface area (Å²) in [6.45, 7) is 0.592. The number of ether oxygens (including phenoxy) is 3. The Morgan fingerprint density at radius 3 is 1.81 bits per heavy atom. The fraction of sp³-hybridized carbons (Fsp3) is 0.400. The van der Waals surface area contributed by atoms with Crippen molar-refractivity contribution in [2.24, 2.45) is 0 Å². The summed E-state index contributed by atoms with van der Waals surface area (Å²) in [6.07, 6.45) is -4.28. The van der Waals surface area contributed by atoms with Crippen molar-refractivity contribution < 1.29 is 24.4 Å². The van der Waals surface area contributed by atoms with E-state index in [0.717, 1.165) is 11.1 Å². The Kier molecular flexibility index (Phi) is 7.07. The minimum atomic E-state index is -1.19. The molecule has 0 spiro atoms. The van der Waals surface area contributed by atoms with Gasteiger partial charge >= 0.3 is 0 Å². The third kappa shape index (κ3) is 4.85. The lowest BCUT2D eigenvalue weighted by molar-refractivity contribution is -0.299. The van der Waals surface area contributed by atoms with Gasteiger partial charge in [0.2, 0.25) is 0 Å². The molecule has 1 aliphatic rings. The van der Waals surface area contributed by atoms with E-state index in [2.05, 4.69) is 12.6 Å². The first kappa shape index (κ1) is 19.4. The number of benzene rings is 2. The van der Waals surface area contributed by atoms with E-state index in [9.17, 15) is 10.2 Å². The first-order valence-electron chi connectivity index (χ1n) is 8.62. The Bertz CT molecular complexity index is 654. The largest absolute Gasteiger partial charge is 0.388 e.